The number of anilines is 1. The van der Waals surface area contributed by atoms with Crippen molar-refractivity contribution in [3.05, 3.63) is 48.0 Å². The van der Waals surface area contributed by atoms with Crippen molar-refractivity contribution in [2.24, 2.45) is 0 Å². The van der Waals surface area contributed by atoms with Gasteiger partial charge in [0.1, 0.15) is 5.75 Å². The molecule has 1 N–H and O–H groups in total. The molecule has 0 aliphatic carbocycles. The van der Waals surface area contributed by atoms with Crippen molar-refractivity contribution >= 4 is 23.3 Å². The molecule has 0 aliphatic rings. The zero-order valence-electron chi connectivity index (χ0n) is 16.9. The molecule has 8 heteroatoms. The predicted octanol–water partition coefficient (Wildman–Crippen LogP) is 2.38. The van der Waals surface area contributed by atoms with E-state index in [1.807, 2.05) is 0 Å². The van der Waals surface area contributed by atoms with Crippen LogP contribution in [0.4, 0.5) is 5.69 Å². The topological polar surface area (TPSA) is 94.2 Å². The highest BCUT2D eigenvalue weighted by Crippen LogP contribution is 2.28. The van der Waals surface area contributed by atoms with Crippen LogP contribution >= 0.6 is 0 Å². The molecule has 0 saturated carbocycles. The van der Waals surface area contributed by atoms with Gasteiger partial charge in [-0.3, -0.25) is 14.4 Å². The molecule has 2 rings (SSSR count). The van der Waals surface area contributed by atoms with Crippen LogP contribution in [0.2, 0.25) is 0 Å². The van der Waals surface area contributed by atoms with Gasteiger partial charge < -0.3 is 24.4 Å². The Hall–Kier alpha value is -3.55. The molecule has 0 radical (unpaired) electrons. The molecule has 2 aromatic carbocycles. The number of ether oxygens (including phenoxy) is 3. The van der Waals surface area contributed by atoms with Gasteiger partial charge in [-0.1, -0.05) is 0 Å². The molecule has 0 fully saturated rings. The molecule has 8 nitrogen and oxygen atoms in total. The quantitative estimate of drug-likeness (QED) is 0.650. The van der Waals surface area contributed by atoms with Gasteiger partial charge in [-0.2, -0.15) is 0 Å². The Kier molecular flexibility index (Phi) is 7.59. The molecule has 0 aromatic heterocycles. The summed E-state index contributed by atoms with van der Waals surface area (Å²) in [6.07, 6.45) is 0. The van der Waals surface area contributed by atoms with Crippen molar-refractivity contribution in [1.82, 2.24) is 4.90 Å². The molecule has 154 valence electrons. The van der Waals surface area contributed by atoms with Crippen LogP contribution in [0.15, 0.2) is 42.5 Å². The molecule has 0 spiro atoms. The van der Waals surface area contributed by atoms with E-state index in [4.69, 9.17) is 14.2 Å². The van der Waals surface area contributed by atoms with E-state index >= 15 is 0 Å². The lowest BCUT2D eigenvalue weighted by molar-refractivity contribution is -0.135. The largest absolute Gasteiger partial charge is 0.497 e. The molecule has 29 heavy (non-hydrogen) atoms. The maximum Gasteiger partial charge on any atom is 0.260 e. The number of benzene rings is 2. The van der Waals surface area contributed by atoms with Crippen LogP contribution in [0.3, 0.4) is 0 Å². The number of carbonyl (C=O) groups is 3. The summed E-state index contributed by atoms with van der Waals surface area (Å²) in [6.45, 7) is 1.04. The molecule has 0 aliphatic heterocycles. The molecule has 0 atom stereocenters. The van der Waals surface area contributed by atoms with Crippen molar-refractivity contribution < 1.29 is 28.6 Å². The average Bonchev–Trinajstić information content (AvgIpc) is 2.72. The third-order valence-corrected chi connectivity index (χ3v) is 4.10. The van der Waals surface area contributed by atoms with Crippen molar-refractivity contribution in [2.75, 3.05) is 39.7 Å². The number of ketones is 1. The highest BCUT2D eigenvalue weighted by atomic mass is 16.5. The Balaban J connectivity index is 1.88. The maximum atomic E-state index is 12.3. The van der Waals surface area contributed by atoms with Gasteiger partial charge in [0.15, 0.2) is 23.9 Å². The second-order valence-electron chi connectivity index (χ2n) is 6.24. The number of Topliss-reactive ketones (excluding diaryl/α,β-unsaturated/α-hetero) is 1. The SMILES string of the molecule is COc1ccc(NC(=O)CN(C)C(=O)COc2ccc(C(C)=O)cc2OC)cc1. The van der Waals surface area contributed by atoms with Gasteiger partial charge in [0.05, 0.1) is 20.8 Å². The van der Waals surface area contributed by atoms with Gasteiger partial charge in [-0.15, -0.1) is 0 Å². The van der Waals surface area contributed by atoms with Crippen LogP contribution < -0.4 is 19.5 Å². The Labute approximate surface area is 169 Å². The van der Waals surface area contributed by atoms with Crippen LogP contribution in [0.25, 0.3) is 0 Å². The Bertz CT molecular complexity index is 879. The number of likely N-dealkylation sites (N-methyl/N-ethyl adjacent to an activating group) is 1. The average molecular weight is 400 g/mol. The van der Waals surface area contributed by atoms with E-state index in [2.05, 4.69) is 5.32 Å². The minimum absolute atomic E-state index is 0.103. The minimum atomic E-state index is -0.382. The Morgan fingerprint density at radius 1 is 0.966 bits per heavy atom. The van der Waals surface area contributed by atoms with Crippen LogP contribution in [0, 0.1) is 0 Å². The molecule has 0 unspecified atom stereocenters. The summed E-state index contributed by atoms with van der Waals surface area (Å²) in [7, 11) is 4.52. The van der Waals surface area contributed by atoms with Gasteiger partial charge in [0, 0.05) is 18.3 Å². The highest BCUT2D eigenvalue weighted by molar-refractivity contribution is 5.95. The van der Waals surface area contributed by atoms with E-state index in [0.717, 1.165) is 0 Å². The Morgan fingerprint density at radius 2 is 1.66 bits per heavy atom. The first-order valence-electron chi connectivity index (χ1n) is 8.83. The normalized spacial score (nSPS) is 10.1. The molecule has 0 heterocycles. The standard InChI is InChI=1S/C21H24N2O6/c1-14(24)15-5-10-18(19(11-15)28-4)29-13-21(26)23(2)12-20(25)22-16-6-8-17(27-3)9-7-16/h5-11H,12-13H2,1-4H3,(H,22,25). The minimum Gasteiger partial charge on any atom is -0.497 e. The monoisotopic (exact) mass is 400 g/mol. The highest BCUT2D eigenvalue weighted by Gasteiger charge is 2.16. The summed E-state index contributed by atoms with van der Waals surface area (Å²) in [6, 6.07) is 11.6. The molecular formula is C21H24N2O6. The molecule has 0 bridgehead atoms. The number of carbonyl (C=O) groups excluding carboxylic acids is 3. The fourth-order valence-corrected chi connectivity index (χ4v) is 2.43. The molecule has 2 aromatic rings. The lowest BCUT2D eigenvalue weighted by Crippen LogP contribution is -2.37. The van der Waals surface area contributed by atoms with Gasteiger partial charge in [-0.25, -0.2) is 0 Å². The van der Waals surface area contributed by atoms with Crippen LogP contribution in [0.1, 0.15) is 17.3 Å². The second-order valence-corrected chi connectivity index (χ2v) is 6.24. The van der Waals surface area contributed by atoms with E-state index in [1.165, 1.54) is 26.0 Å². The summed E-state index contributed by atoms with van der Waals surface area (Å²) in [5.41, 5.74) is 1.08. The fraction of sp³-hybridized carbons (Fsp3) is 0.286. The van der Waals surface area contributed by atoms with Gasteiger partial charge in [0.2, 0.25) is 5.91 Å². The lowest BCUT2D eigenvalue weighted by atomic mass is 10.1. The smallest absolute Gasteiger partial charge is 0.260 e. The third-order valence-electron chi connectivity index (χ3n) is 4.10. The van der Waals surface area contributed by atoms with Crippen molar-refractivity contribution in [1.29, 1.82) is 0 Å². The van der Waals surface area contributed by atoms with Gasteiger partial charge >= 0.3 is 0 Å². The molecular weight excluding hydrogens is 376 g/mol. The number of methoxy groups -OCH3 is 2. The van der Waals surface area contributed by atoms with E-state index in [1.54, 1.807) is 49.6 Å². The Morgan fingerprint density at radius 3 is 2.24 bits per heavy atom. The van der Waals surface area contributed by atoms with Gasteiger partial charge in [-0.05, 0) is 49.4 Å². The van der Waals surface area contributed by atoms with E-state index in [0.29, 0.717) is 28.5 Å². The molecule has 2 amide bonds. The van der Waals surface area contributed by atoms with Crippen molar-refractivity contribution in [3.63, 3.8) is 0 Å². The number of hydrogen-bond donors (Lipinski definition) is 1. The van der Waals surface area contributed by atoms with Crippen LogP contribution in [-0.4, -0.2) is 56.9 Å². The second kappa shape index (κ2) is 10.1. The summed E-state index contributed by atoms with van der Waals surface area (Å²) >= 11 is 0. The van der Waals surface area contributed by atoms with Crippen molar-refractivity contribution in [3.8, 4) is 17.2 Å². The molecule has 0 saturated heterocycles. The number of hydrogen-bond acceptors (Lipinski definition) is 6. The van der Waals surface area contributed by atoms with Crippen LogP contribution in [-0.2, 0) is 9.59 Å². The summed E-state index contributed by atoms with van der Waals surface area (Å²) in [5, 5.41) is 2.71. The fourth-order valence-electron chi connectivity index (χ4n) is 2.43. The van der Waals surface area contributed by atoms with E-state index in [9.17, 15) is 14.4 Å². The predicted molar refractivity (Wildman–Crippen MR) is 108 cm³/mol. The number of rotatable bonds is 9. The zero-order valence-corrected chi connectivity index (χ0v) is 16.9. The third kappa shape index (κ3) is 6.24. The zero-order chi connectivity index (χ0) is 21.4. The van der Waals surface area contributed by atoms with Crippen molar-refractivity contribution in [2.45, 2.75) is 6.92 Å². The van der Waals surface area contributed by atoms with Gasteiger partial charge in [0.25, 0.3) is 5.91 Å². The lowest BCUT2D eigenvalue weighted by Gasteiger charge is -2.18. The van der Waals surface area contributed by atoms with E-state index < -0.39 is 0 Å². The summed E-state index contributed by atoms with van der Waals surface area (Å²) < 4.78 is 15.8. The first-order valence-corrected chi connectivity index (χ1v) is 8.83. The first-order chi connectivity index (χ1) is 13.8. The number of nitrogens with one attached hydrogen (secondary N) is 1. The van der Waals surface area contributed by atoms with Crippen LogP contribution in [0.5, 0.6) is 17.2 Å². The summed E-state index contributed by atoms with van der Waals surface area (Å²) in [5.74, 6) is 0.544. The summed E-state index contributed by atoms with van der Waals surface area (Å²) in [4.78, 5) is 37.1. The maximum absolute atomic E-state index is 12.3. The first kappa shape index (κ1) is 21.7. The van der Waals surface area contributed by atoms with E-state index in [-0.39, 0.29) is 30.7 Å². The number of nitrogens with zero attached hydrogens (tertiary/aromatic N) is 1. The number of amides is 2.